The fourth-order valence-corrected chi connectivity index (χ4v) is 3.19. The van der Waals surface area contributed by atoms with Gasteiger partial charge in [-0.15, -0.1) is 11.3 Å². The van der Waals surface area contributed by atoms with Crippen molar-refractivity contribution in [3.63, 3.8) is 0 Å². The summed E-state index contributed by atoms with van der Waals surface area (Å²) < 4.78 is 18.3. The first-order chi connectivity index (χ1) is 13.0. The van der Waals surface area contributed by atoms with Crippen molar-refractivity contribution in [1.29, 1.82) is 0 Å². The van der Waals surface area contributed by atoms with E-state index in [1.54, 1.807) is 36.4 Å². The zero-order valence-corrected chi connectivity index (χ0v) is 15.4. The minimum Gasteiger partial charge on any atom is -0.459 e. The van der Waals surface area contributed by atoms with Crippen molar-refractivity contribution in [2.75, 3.05) is 5.32 Å². The van der Waals surface area contributed by atoms with Crippen molar-refractivity contribution < 1.29 is 18.7 Å². The van der Waals surface area contributed by atoms with E-state index in [-0.39, 0.29) is 30.7 Å². The van der Waals surface area contributed by atoms with Gasteiger partial charge < -0.3 is 10.1 Å². The molecule has 0 spiro atoms. The minimum absolute atomic E-state index is 0.0838. The molecule has 3 aromatic rings. The number of esters is 1. The topological polar surface area (TPSA) is 68.3 Å². The number of rotatable bonds is 6. The van der Waals surface area contributed by atoms with Gasteiger partial charge >= 0.3 is 5.97 Å². The highest BCUT2D eigenvalue weighted by Gasteiger charge is 2.09. The SMILES string of the molecule is CC(=O)Nc1ccc(CC(=O)OCc2csc(-c3ccc(F)cc3)n2)cc1. The van der Waals surface area contributed by atoms with Crippen LogP contribution >= 0.6 is 11.3 Å². The van der Waals surface area contributed by atoms with E-state index in [1.165, 1.54) is 30.4 Å². The summed E-state index contributed by atoms with van der Waals surface area (Å²) in [6, 6.07) is 13.1. The molecule has 0 aliphatic rings. The molecular weight excluding hydrogens is 367 g/mol. The molecule has 0 radical (unpaired) electrons. The maximum Gasteiger partial charge on any atom is 0.310 e. The van der Waals surface area contributed by atoms with E-state index < -0.39 is 0 Å². The number of thiazole rings is 1. The molecule has 0 aliphatic carbocycles. The van der Waals surface area contributed by atoms with Crippen molar-refractivity contribution in [1.82, 2.24) is 4.98 Å². The van der Waals surface area contributed by atoms with Crippen molar-refractivity contribution in [3.05, 3.63) is 71.0 Å². The maximum atomic E-state index is 13.0. The normalized spacial score (nSPS) is 10.4. The average Bonchev–Trinajstić information content (AvgIpc) is 3.11. The van der Waals surface area contributed by atoms with Gasteiger partial charge in [-0.3, -0.25) is 9.59 Å². The summed E-state index contributed by atoms with van der Waals surface area (Å²) in [6.45, 7) is 1.52. The first-order valence-corrected chi connectivity index (χ1v) is 9.10. The zero-order chi connectivity index (χ0) is 19.2. The second-order valence-corrected chi connectivity index (χ2v) is 6.72. The zero-order valence-electron chi connectivity index (χ0n) is 14.6. The Hall–Kier alpha value is -3.06. The van der Waals surface area contributed by atoms with Crippen molar-refractivity contribution in [3.8, 4) is 10.6 Å². The molecule has 3 rings (SSSR count). The number of ether oxygens (including phenoxy) is 1. The summed E-state index contributed by atoms with van der Waals surface area (Å²) in [5, 5.41) is 5.23. The predicted octanol–water partition coefficient (Wildman–Crippen LogP) is 4.19. The molecule has 0 atom stereocenters. The lowest BCUT2D eigenvalue weighted by molar-refractivity contribution is -0.144. The van der Waals surface area contributed by atoms with Crippen LogP contribution in [0, 0.1) is 5.82 Å². The molecule has 27 heavy (non-hydrogen) atoms. The Labute approximate surface area is 159 Å². The van der Waals surface area contributed by atoms with Gasteiger partial charge in [-0.25, -0.2) is 9.37 Å². The summed E-state index contributed by atoms with van der Waals surface area (Å²) >= 11 is 1.41. The largest absolute Gasteiger partial charge is 0.459 e. The molecule has 138 valence electrons. The number of halogens is 1. The van der Waals surface area contributed by atoms with Gasteiger partial charge in [0, 0.05) is 23.6 Å². The van der Waals surface area contributed by atoms with Crippen molar-refractivity contribution in [2.45, 2.75) is 20.0 Å². The number of benzene rings is 2. The molecule has 1 N–H and O–H groups in total. The first-order valence-electron chi connectivity index (χ1n) is 8.22. The molecule has 7 heteroatoms. The van der Waals surface area contributed by atoms with Crippen molar-refractivity contribution >= 4 is 28.9 Å². The number of carbonyl (C=O) groups is 2. The Morgan fingerprint density at radius 1 is 1.11 bits per heavy atom. The van der Waals surface area contributed by atoms with Crippen LogP contribution in [0.5, 0.6) is 0 Å². The van der Waals surface area contributed by atoms with Crippen molar-refractivity contribution in [2.24, 2.45) is 0 Å². The Morgan fingerprint density at radius 3 is 2.48 bits per heavy atom. The van der Waals surface area contributed by atoms with E-state index in [1.807, 2.05) is 5.38 Å². The fraction of sp³-hybridized carbons (Fsp3) is 0.150. The van der Waals surface area contributed by atoms with E-state index in [9.17, 15) is 14.0 Å². The molecule has 1 amide bonds. The van der Waals surface area contributed by atoms with Gasteiger partial charge in [0.2, 0.25) is 5.91 Å². The summed E-state index contributed by atoms with van der Waals surface area (Å²) in [5.41, 5.74) is 2.93. The third-order valence-corrected chi connectivity index (χ3v) is 4.59. The molecular formula is C20H17FN2O3S. The molecule has 1 aromatic heterocycles. The van der Waals surface area contributed by atoms with Crippen LogP contribution in [0.25, 0.3) is 10.6 Å². The molecule has 1 heterocycles. The summed E-state index contributed by atoms with van der Waals surface area (Å²) in [7, 11) is 0. The van der Waals surface area contributed by atoms with E-state index in [2.05, 4.69) is 10.3 Å². The number of anilines is 1. The first kappa shape index (κ1) is 18.7. The van der Waals surface area contributed by atoms with Gasteiger partial charge in [0.25, 0.3) is 0 Å². The van der Waals surface area contributed by atoms with Gasteiger partial charge in [-0.1, -0.05) is 12.1 Å². The number of aromatic nitrogens is 1. The smallest absolute Gasteiger partial charge is 0.310 e. The standard InChI is InChI=1S/C20H17FN2O3S/c1-13(24)22-17-8-2-14(3-9-17)10-19(25)26-11-18-12-27-20(23-18)15-4-6-16(21)7-5-15/h2-9,12H,10-11H2,1H3,(H,22,24). The Morgan fingerprint density at radius 2 is 1.81 bits per heavy atom. The number of amides is 1. The second kappa shape index (κ2) is 8.55. The van der Waals surface area contributed by atoms with Crippen LogP contribution in [0.4, 0.5) is 10.1 Å². The molecule has 0 saturated heterocycles. The van der Waals surface area contributed by atoms with E-state index in [0.717, 1.165) is 16.1 Å². The van der Waals surface area contributed by atoms with Crippen LogP contribution < -0.4 is 5.32 Å². The van der Waals surface area contributed by atoms with E-state index >= 15 is 0 Å². The monoisotopic (exact) mass is 384 g/mol. The Bertz CT molecular complexity index is 937. The van der Waals surface area contributed by atoms with E-state index in [0.29, 0.717) is 11.4 Å². The molecule has 5 nitrogen and oxygen atoms in total. The molecule has 0 saturated carbocycles. The number of hydrogen-bond acceptors (Lipinski definition) is 5. The number of hydrogen-bond donors (Lipinski definition) is 1. The molecule has 2 aromatic carbocycles. The Kier molecular flexibility index (Phi) is 5.93. The summed E-state index contributed by atoms with van der Waals surface area (Å²) in [4.78, 5) is 27.4. The molecule has 0 fully saturated rings. The summed E-state index contributed by atoms with van der Waals surface area (Å²) in [6.07, 6.45) is 0.134. The second-order valence-electron chi connectivity index (χ2n) is 5.87. The molecule has 0 unspecified atom stereocenters. The fourth-order valence-electron chi connectivity index (χ4n) is 2.38. The molecule has 0 bridgehead atoms. The van der Waals surface area contributed by atoms with Crippen LogP contribution in [0.1, 0.15) is 18.2 Å². The lowest BCUT2D eigenvalue weighted by Crippen LogP contribution is -2.09. The third-order valence-electron chi connectivity index (χ3n) is 3.65. The highest BCUT2D eigenvalue weighted by molar-refractivity contribution is 7.13. The molecule has 0 aliphatic heterocycles. The quantitative estimate of drug-likeness (QED) is 0.647. The lowest BCUT2D eigenvalue weighted by Gasteiger charge is -2.05. The summed E-state index contributed by atoms with van der Waals surface area (Å²) in [5.74, 6) is -0.807. The number of nitrogens with zero attached hydrogens (tertiary/aromatic N) is 1. The predicted molar refractivity (Wildman–Crippen MR) is 102 cm³/mol. The third kappa shape index (κ3) is 5.46. The van der Waals surface area contributed by atoms with Crippen LogP contribution in [0.3, 0.4) is 0 Å². The number of carbonyl (C=O) groups excluding carboxylic acids is 2. The number of nitrogens with one attached hydrogen (secondary N) is 1. The van der Waals surface area contributed by atoms with E-state index in [4.69, 9.17) is 4.74 Å². The highest BCUT2D eigenvalue weighted by Crippen LogP contribution is 2.24. The minimum atomic E-state index is -0.362. The van der Waals surface area contributed by atoms with Crippen LogP contribution in [0.2, 0.25) is 0 Å². The van der Waals surface area contributed by atoms with Gasteiger partial charge in [0.1, 0.15) is 17.4 Å². The lowest BCUT2D eigenvalue weighted by atomic mass is 10.1. The van der Waals surface area contributed by atoms with Gasteiger partial charge in [-0.05, 0) is 42.0 Å². The van der Waals surface area contributed by atoms with Gasteiger partial charge in [0.05, 0.1) is 12.1 Å². The van der Waals surface area contributed by atoms with Crippen LogP contribution in [0.15, 0.2) is 53.9 Å². The Balaban J connectivity index is 1.52. The van der Waals surface area contributed by atoms with Crippen LogP contribution in [-0.2, 0) is 27.4 Å². The highest BCUT2D eigenvalue weighted by atomic mass is 32.1. The van der Waals surface area contributed by atoms with Gasteiger partial charge in [0.15, 0.2) is 0 Å². The van der Waals surface area contributed by atoms with Crippen LogP contribution in [-0.4, -0.2) is 16.9 Å². The maximum absolute atomic E-state index is 13.0. The van der Waals surface area contributed by atoms with Gasteiger partial charge in [-0.2, -0.15) is 0 Å². The average molecular weight is 384 g/mol.